The number of aromatic nitrogens is 3. The maximum absolute atomic E-state index is 10.3. The van der Waals surface area contributed by atoms with Crippen LogP contribution in [-0.4, -0.2) is 43.2 Å². The number of aryl methyl sites for hydroxylation is 1. The van der Waals surface area contributed by atoms with E-state index in [4.69, 9.17) is 0 Å². The fraction of sp³-hybridized carbons (Fsp3) is 0.500. The summed E-state index contributed by atoms with van der Waals surface area (Å²) < 4.78 is 0. The number of aromatic hydroxyl groups is 1. The van der Waals surface area contributed by atoms with Crippen LogP contribution < -0.4 is 0 Å². The molecule has 1 saturated heterocycles. The second kappa shape index (κ2) is 6.46. The maximum atomic E-state index is 10.3. The van der Waals surface area contributed by atoms with Crippen molar-refractivity contribution in [3.8, 4) is 5.75 Å². The van der Waals surface area contributed by atoms with Crippen LogP contribution in [0.15, 0.2) is 18.6 Å². The van der Waals surface area contributed by atoms with E-state index in [1.165, 1.54) is 0 Å². The first-order valence-corrected chi connectivity index (χ1v) is 7.68. The zero-order valence-electron chi connectivity index (χ0n) is 12.8. The SMILES string of the molecule is Cc1ncc(CO)c(CN2CCCC(c3ncc[nH]3)C2)c1O. The molecule has 6 nitrogen and oxygen atoms in total. The van der Waals surface area contributed by atoms with Gasteiger partial charge in [0.1, 0.15) is 11.6 Å². The molecule has 1 unspecified atom stereocenters. The lowest BCUT2D eigenvalue weighted by Crippen LogP contribution is -2.34. The van der Waals surface area contributed by atoms with Crippen LogP contribution in [0, 0.1) is 6.92 Å². The van der Waals surface area contributed by atoms with Gasteiger partial charge in [0.15, 0.2) is 0 Å². The van der Waals surface area contributed by atoms with E-state index in [2.05, 4.69) is 19.9 Å². The molecule has 3 rings (SSSR count). The molecule has 22 heavy (non-hydrogen) atoms. The van der Waals surface area contributed by atoms with Crippen LogP contribution in [0.1, 0.15) is 41.4 Å². The topological polar surface area (TPSA) is 85.3 Å². The number of aliphatic hydroxyl groups is 1. The van der Waals surface area contributed by atoms with Crippen LogP contribution in [0.4, 0.5) is 0 Å². The van der Waals surface area contributed by atoms with E-state index in [1.807, 2.05) is 6.20 Å². The number of likely N-dealkylation sites (tertiary alicyclic amines) is 1. The van der Waals surface area contributed by atoms with Gasteiger partial charge in [0.25, 0.3) is 0 Å². The third-order valence-electron chi connectivity index (χ3n) is 4.39. The number of rotatable bonds is 4. The largest absolute Gasteiger partial charge is 0.506 e. The minimum absolute atomic E-state index is 0.106. The van der Waals surface area contributed by atoms with Crippen molar-refractivity contribution in [2.45, 2.75) is 38.8 Å². The highest BCUT2D eigenvalue weighted by Gasteiger charge is 2.24. The average Bonchev–Trinajstić information content (AvgIpc) is 3.07. The molecule has 1 aliphatic rings. The molecule has 1 aliphatic heterocycles. The van der Waals surface area contributed by atoms with Crippen molar-refractivity contribution < 1.29 is 10.2 Å². The Hall–Kier alpha value is -1.92. The average molecular weight is 302 g/mol. The molecule has 3 N–H and O–H groups in total. The Morgan fingerprint density at radius 3 is 3.00 bits per heavy atom. The van der Waals surface area contributed by atoms with Gasteiger partial charge in [-0.2, -0.15) is 0 Å². The summed E-state index contributed by atoms with van der Waals surface area (Å²) in [6.45, 7) is 4.19. The number of nitrogens with zero attached hydrogens (tertiary/aromatic N) is 3. The van der Waals surface area contributed by atoms with Gasteiger partial charge in [-0.25, -0.2) is 4.98 Å². The van der Waals surface area contributed by atoms with E-state index in [0.29, 0.717) is 23.7 Å². The minimum atomic E-state index is -0.106. The van der Waals surface area contributed by atoms with Gasteiger partial charge >= 0.3 is 0 Å². The first-order valence-electron chi connectivity index (χ1n) is 7.68. The third kappa shape index (κ3) is 2.98. The normalized spacial score (nSPS) is 19.5. The van der Waals surface area contributed by atoms with Gasteiger partial charge < -0.3 is 15.2 Å². The van der Waals surface area contributed by atoms with Crippen molar-refractivity contribution in [3.05, 3.63) is 41.2 Å². The van der Waals surface area contributed by atoms with E-state index < -0.39 is 0 Å². The summed E-state index contributed by atoms with van der Waals surface area (Å²) in [5, 5.41) is 19.8. The smallest absolute Gasteiger partial charge is 0.141 e. The fourth-order valence-corrected chi connectivity index (χ4v) is 3.14. The molecule has 0 spiro atoms. The molecule has 0 aromatic carbocycles. The Morgan fingerprint density at radius 2 is 2.27 bits per heavy atom. The highest BCUT2D eigenvalue weighted by molar-refractivity contribution is 5.40. The van der Waals surface area contributed by atoms with Gasteiger partial charge in [-0.15, -0.1) is 0 Å². The molecule has 1 fully saturated rings. The number of nitrogens with one attached hydrogen (secondary N) is 1. The predicted octanol–water partition coefficient (Wildman–Crippen LogP) is 1.69. The van der Waals surface area contributed by atoms with Crippen molar-refractivity contribution in [2.24, 2.45) is 0 Å². The summed E-state index contributed by atoms with van der Waals surface area (Å²) in [5.74, 6) is 1.63. The number of hydrogen-bond acceptors (Lipinski definition) is 5. The zero-order chi connectivity index (χ0) is 15.5. The van der Waals surface area contributed by atoms with Gasteiger partial charge in [0, 0.05) is 48.7 Å². The molecule has 3 heterocycles. The number of piperidine rings is 1. The predicted molar refractivity (Wildman–Crippen MR) is 82.4 cm³/mol. The Morgan fingerprint density at radius 1 is 1.41 bits per heavy atom. The molecule has 2 aromatic rings. The summed E-state index contributed by atoms with van der Waals surface area (Å²) in [7, 11) is 0. The molecule has 118 valence electrons. The Bertz CT molecular complexity index is 627. The van der Waals surface area contributed by atoms with Crippen molar-refractivity contribution in [1.29, 1.82) is 0 Å². The lowest BCUT2D eigenvalue weighted by molar-refractivity contribution is 0.192. The molecule has 0 saturated carbocycles. The highest BCUT2D eigenvalue weighted by Crippen LogP contribution is 2.29. The minimum Gasteiger partial charge on any atom is -0.506 e. The van der Waals surface area contributed by atoms with E-state index in [-0.39, 0.29) is 12.4 Å². The first kappa shape index (κ1) is 15.0. The van der Waals surface area contributed by atoms with E-state index >= 15 is 0 Å². The van der Waals surface area contributed by atoms with Crippen LogP contribution >= 0.6 is 0 Å². The number of aromatic amines is 1. The number of hydrogen-bond donors (Lipinski definition) is 3. The van der Waals surface area contributed by atoms with Crippen molar-refractivity contribution in [2.75, 3.05) is 13.1 Å². The molecule has 0 radical (unpaired) electrons. The van der Waals surface area contributed by atoms with Crippen molar-refractivity contribution >= 4 is 0 Å². The van der Waals surface area contributed by atoms with E-state index in [9.17, 15) is 10.2 Å². The van der Waals surface area contributed by atoms with Crippen LogP contribution in [0.2, 0.25) is 0 Å². The monoisotopic (exact) mass is 302 g/mol. The molecule has 2 aromatic heterocycles. The Balaban J connectivity index is 1.77. The molecule has 0 amide bonds. The summed E-state index contributed by atoms with van der Waals surface area (Å²) in [6.07, 6.45) is 7.52. The quantitative estimate of drug-likeness (QED) is 0.800. The third-order valence-corrected chi connectivity index (χ3v) is 4.39. The lowest BCUT2D eigenvalue weighted by atomic mass is 9.96. The lowest BCUT2D eigenvalue weighted by Gasteiger charge is -2.32. The standard InChI is InChI=1S/C16H22N4O2/c1-11-15(22)14(13(10-21)7-19-11)9-20-6-2-3-12(8-20)16-17-4-5-18-16/h4-5,7,12,21-22H,2-3,6,8-10H2,1H3,(H,17,18). The highest BCUT2D eigenvalue weighted by atomic mass is 16.3. The van der Waals surface area contributed by atoms with Crippen molar-refractivity contribution in [3.63, 3.8) is 0 Å². The number of pyridine rings is 1. The second-order valence-electron chi connectivity index (χ2n) is 5.90. The Labute approximate surface area is 129 Å². The van der Waals surface area contributed by atoms with Gasteiger partial charge in [-0.1, -0.05) is 0 Å². The summed E-state index contributed by atoms with van der Waals surface area (Å²) in [5.41, 5.74) is 2.09. The number of aliphatic hydroxyl groups excluding tert-OH is 1. The van der Waals surface area contributed by atoms with E-state index in [0.717, 1.165) is 37.3 Å². The number of H-pyrrole nitrogens is 1. The molecule has 6 heteroatoms. The summed E-state index contributed by atoms with van der Waals surface area (Å²) >= 11 is 0. The van der Waals surface area contributed by atoms with Crippen LogP contribution in [0.5, 0.6) is 5.75 Å². The molecule has 1 atom stereocenters. The molecule has 0 bridgehead atoms. The van der Waals surface area contributed by atoms with Gasteiger partial charge in [-0.3, -0.25) is 9.88 Å². The van der Waals surface area contributed by atoms with Crippen LogP contribution in [0.3, 0.4) is 0 Å². The summed E-state index contributed by atoms with van der Waals surface area (Å²) in [6, 6.07) is 0. The first-order chi connectivity index (χ1) is 10.7. The number of imidazole rings is 1. The molecule has 0 aliphatic carbocycles. The van der Waals surface area contributed by atoms with Gasteiger partial charge in [0.05, 0.1) is 12.3 Å². The van der Waals surface area contributed by atoms with Crippen LogP contribution in [0.25, 0.3) is 0 Å². The Kier molecular flexibility index (Phi) is 4.40. The van der Waals surface area contributed by atoms with Gasteiger partial charge in [0.2, 0.25) is 0 Å². The zero-order valence-corrected chi connectivity index (χ0v) is 12.8. The second-order valence-corrected chi connectivity index (χ2v) is 5.90. The molecular formula is C16H22N4O2. The van der Waals surface area contributed by atoms with Gasteiger partial charge in [-0.05, 0) is 26.3 Å². The van der Waals surface area contributed by atoms with Crippen molar-refractivity contribution in [1.82, 2.24) is 19.9 Å². The summed E-state index contributed by atoms with van der Waals surface area (Å²) in [4.78, 5) is 14.0. The maximum Gasteiger partial charge on any atom is 0.141 e. The fourth-order valence-electron chi connectivity index (χ4n) is 3.14. The van der Waals surface area contributed by atoms with Crippen LogP contribution in [-0.2, 0) is 13.2 Å². The van der Waals surface area contributed by atoms with E-state index in [1.54, 1.807) is 19.3 Å². The molecular weight excluding hydrogens is 280 g/mol.